The molecule has 7 heteroatoms. The van der Waals surface area contributed by atoms with Crippen molar-refractivity contribution in [2.75, 3.05) is 33.8 Å². The van der Waals surface area contributed by atoms with Crippen LogP contribution in [0.5, 0.6) is 5.75 Å². The number of ether oxygens (including phenoxy) is 1. The Hall–Kier alpha value is -2.54. The molecule has 1 aromatic carbocycles. The molecule has 0 aliphatic carbocycles. The first-order chi connectivity index (χ1) is 14.6. The number of nitrogens with zero attached hydrogens (tertiary/aromatic N) is 3. The van der Waals surface area contributed by atoms with E-state index in [-0.39, 0.29) is 6.04 Å². The summed E-state index contributed by atoms with van der Waals surface area (Å²) in [4.78, 5) is 6.94. The zero-order valence-corrected chi connectivity index (χ0v) is 18.6. The number of rotatable bonds is 8. The standard InChI is InChI=1S/C23H35N5O2/c1-17(2)21-14-20(30-27-21)15-25-23(24-3)26-16-22(28-12-6-5-7-13-28)18-8-10-19(29-4)11-9-18/h8-11,14,17,22H,5-7,12-13,15-16H2,1-4H3,(H2,24,25,26). The Morgan fingerprint density at radius 3 is 2.50 bits per heavy atom. The van der Waals surface area contributed by atoms with E-state index in [2.05, 4.69) is 51.7 Å². The zero-order valence-electron chi connectivity index (χ0n) is 18.6. The molecule has 1 saturated heterocycles. The quantitative estimate of drug-likeness (QED) is 0.508. The molecule has 1 fully saturated rings. The molecule has 0 spiro atoms. The van der Waals surface area contributed by atoms with Crippen LogP contribution in [-0.4, -0.2) is 49.8 Å². The molecule has 7 nitrogen and oxygen atoms in total. The van der Waals surface area contributed by atoms with Gasteiger partial charge in [0.25, 0.3) is 0 Å². The number of benzene rings is 1. The van der Waals surface area contributed by atoms with Crippen molar-refractivity contribution in [2.45, 2.75) is 51.6 Å². The third-order valence-electron chi connectivity index (χ3n) is 5.62. The van der Waals surface area contributed by atoms with Crippen LogP contribution in [0.2, 0.25) is 0 Å². The van der Waals surface area contributed by atoms with Gasteiger partial charge < -0.3 is 19.9 Å². The molecule has 1 unspecified atom stereocenters. The Bertz CT molecular complexity index is 794. The van der Waals surface area contributed by atoms with Crippen LogP contribution in [0.25, 0.3) is 0 Å². The van der Waals surface area contributed by atoms with Crippen molar-refractivity contribution in [3.8, 4) is 5.75 Å². The van der Waals surface area contributed by atoms with E-state index in [1.165, 1.54) is 24.8 Å². The summed E-state index contributed by atoms with van der Waals surface area (Å²) in [5, 5.41) is 10.9. The summed E-state index contributed by atoms with van der Waals surface area (Å²) < 4.78 is 10.7. The van der Waals surface area contributed by atoms with Gasteiger partial charge in [0.2, 0.25) is 0 Å². The van der Waals surface area contributed by atoms with Crippen molar-refractivity contribution in [1.82, 2.24) is 20.7 Å². The first-order valence-electron chi connectivity index (χ1n) is 10.9. The molecule has 2 N–H and O–H groups in total. The topological polar surface area (TPSA) is 74.9 Å². The molecule has 0 saturated carbocycles. The van der Waals surface area contributed by atoms with Crippen LogP contribution in [-0.2, 0) is 6.54 Å². The summed E-state index contributed by atoms with van der Waals surface area (Å²) in [6.45, 7) is 7.79. The first kappa shape index (κ1) is 22.2. The van der Waals surface area contributed by atoms with E-state index in [4.69, 9.17) is 9.26 Å². The number of methoxy groups -OCH3 is 1. The lowest BCUT2D eigenvalue weighted by molar-refractivity contribution is 0.164. The Balaban J connectivity index is 1.62. The fourth-order valence-corrected chi connectivity index (χ4v) is 3.78. The van der Waals surface area contributed by atoms with Gasteiger partial charge in [-0.2, -0.15) is 0 Å². The van der Waals surface area contributed by atoms with Crippen LogP contribution in [0.1, 0.15) is 62.1 Å². The highest BCUT2D eigenvalue weighted by Gasteiger charge is 2.22. The minimum atomic E-state index is 0.285. The van der Waals surface area contributed by atoms with Crippen molar-refractivity contribution >= 4 is 5.96 Å². The minimum absolute atomic E-state index is 0.285. The van der Waals surface area contributed by atoms with E-state index in [1.54, 1.807) is 14.2 Å². The Kier molecular flexibility index (Phi) is 8.13. The Morgan fingerprint density at radius 2 is 1.90 bits per heavy atom. The van der Waals surface area contributed by atoms with Crippen molar-refractivity contribution in [2.24, 2.45) is 4.99 Å². The van der Waals surface area contributed by atoms with Gasteiger partial charge in [0.05, 0.1) is 25.4 Å². The van der Waals surface area contributed by atoms with Gasteiger partial charge in [0.15, 0.2) is 11.7 Å². The van der Waals surface area contributed by atoms with Crippen LogP contribution in [0.3, 0.4) is 0 Å². The highest BCUT2D eigenvalue weighted by molar-refractivity contribution is 5.79. The molecule has 2 heterocycles. The van der Waals surface area contributed by atoms with Gasteiger partial charge in [0, 0.05) is 19.7 Å². The van der Waals surface area contributed by atoms with Gasteiger partial charge in [-0.05, 0) is 49.5 Å². The van der Waals surface area contributed by atoms with Crippen molar-refractivity contribution in [1.29, 1.82) is 0 Å². The summed E-state index contributed by atoms with van der Waals surface area (Å²) >= 11 is 0. The second-order valence-corrected chi connectivity index (χ2v) is 8.07. The molecule has 164 valence electrons. The first-order valence-corrected chi connectivity index (χ1v) is 10.9. The van der Waals surface area contributed by atoms with Gasteiger partial charge in [-0.3, -0.25) is 9.89 Å². The normalized spacial score (nSPS) is 16.5. The summed E-state index contributed by atoms with van der Waals surface area (Å²) in [5.41, 5.74) is 2.26. The van der Waals surface area contributed by atoms with Gasteiger partial charge >= 0.3 is 0 Å². The fraction of sp³-hybridized carbons (Fsp3) is 0.565. The summed E-state index contributed by atoms with van der Waals surface area (Å²) in [5.74, 6) is 2.81. The average Bonchev–Trinajstić information content (AvgIpc) is 3.26. The number of aliphatic imine (C=N–C) groups is 1. The highest BCUT2D eigenvalue weighted by atomic mass is 16.5. The fourth-order valence-electron chi connectivity index (χ4n) is 3.78. The van der Waals surface area contributed by atoms with E-state index in [9.17, 15) is 0 Å². The molecular weight excluding hydrogens is 378 g/mol. The third-order valence-corrected chi connectivity index (χ3v) is 5.62. The predicted octanol–water partition coefficient (Wildman–Crippen LogP) is 3.70. The number of aromatic nitrogens is 1. The predicted molar refractivity (Wildman–Crippen MR) is 120 cm³/mol. The third kappa shape index (κ3) is 5.98. The van der Waals surface area contributed by atoms with Gasteiger partial charge in [-0.25, -0.2) is 0 Å². The zero-order chi connectivity index (χ0) is 21.3. The smallest absolute Gasteiger partial charge is 0.191 e. The van der Waals surface area contributed by atoms with E-state index >= 15 is 0 Å². The molecule has 1 aliphatic heterocycles. The summed E-state index contributed by atoms with van der Waals surface area (Å²) in [6, 6.07) is 10.7. The Morgan fingerprint density at radius 1 is 1.17 bits per heavy atom. The second-order valence-electron chi connectivity index (χ2n) is 8.07. The van der Waals surface area contributed by atoms with E-state index < -0.39 is 0 Å². The molecule has 0 amide bonds. The lowest BCUT2D eigenvalue weighted by atomic mass is 10.0. The van der Waals surface area contributed by atoms with Crippen molar-refractivity contribution < 1.29 is 9.26 Å². The molecular formula is C23H35N5O2. The van der Waals surface area contributed by atoms with Gasteiger partial charge in [-0.15, -0.1) is 0 Å². The maximum atomic E-state index is 5.42. The van der Waals surface area contributed by atoms with E-state index in [0.29, 0.717) is 12.5 Å². The van der Waals surface area contributed by atoms with Crippen LogP contribution < -0.4 is 15.4 Å². The average molecular weight is 414 g/mol. The molecule has 1 atom stereocenters. The van der Waals surface area contributed by atoms with Crippen LogP contribution >= 0.6 is 0 Å². The van der Waals surface area contributed by atoms with E-state index in [1.807, 2.05) is 18.2 Å². The number of guanidine groups is 1. The lowest BCUT2D eigenvalue weighted by Crippen LogP contribution is -2.44. The summed E-state index contributed by atoms with van der Waals surface area (Å²) in [7, 11) is 3.49. The van der Waals surface area contributed by atoms with E-state index in [0.717, 1.165) is 42.8 Å². The van der Waals surface area contributed by atoms with Crippen molar-refractivity contribution in [3.05, 3.63) is 47.3 Å². The van der Waals surface area contributed by atoms with Crippen LogP contribution in [0.15, 0.2) is 39.8 Å². The SMILES string of the molecule is CN=C(NCc1cc(C(C)C)no1)NCC(c1ccc(OC)cc1)N1CCCCC1. The highest BCUT2D eigenvalue weighted by Crippen LogP contribution is 2.26. The second kappa shape index (κ2) is 11.0. The molecule has 1 aromatic heterocycles. The molecule has 2 aromatic rings. The van der Waals surface area contributed by atoms with Crippen molar-refractivity contribution in [3.63, 3.8) is 0 Å². The minimum Gasteiger partial charge on any atom is -0.497 e. The van der Waals surface area contributed by atoms with Gasteiger partial charge in [0.1, 0.15) is 5.75 Å². The largest absolute Gasteiger partial charge is 0.497 e. The molecule has 30 heavy (non-hydrogen) atoms. The number of likely N-dealkylation sites (tertiary alicyclic amines) is 1. The maximum Gasteiger partial charge on any atom is 0.191 e. The Labute approximate surface area is 179 Å². The number of hydrogen-bond acceptors (Lipinski definition) is 5. The van der Waals surface area contributed by atoms with Gasteiger partial charge in [-0.1, -0.05) is 37.6 Å². The molecule has 3 rings (SSSR count). The molecule has 0 bridgehead atoms. The number of hydrogen-bond donors (Lipinski definition) is 2. The summed E-state index contributed by atoms with van der Waals surface area (Å²) in [6.07, 6.45) is 3.82. The number of piperidine rings is 1. The van der Waals surface area contributed by atoms with Crippen LogP contribution in [0, 0.1) is 0 Å². The van der Waals surface area contributed by atoms with Crippen LogP contribution in [0.4, 0.5) is 0 Å². The molecule has 1 aliphatic rings. The lowest BCUT2D eigenvalue weighted by Gasteiger charge is -2.35. The monoisotopic (exact) mass is 413 g/mol. The number of nitrogens with one attached hydrogen (secondary N) is 2. The molecule has 0 radical (unpaired) electrons. The maximum absolute atomic E-state index is 5.42.